The predicted octanol–water partition coefficient (Wildman–Crippen LogP) is 4.44. The zero-order valence-electron chi connectivity index (χ0n) is 16.6. The van der Waals surface area contributed by atoms with Crippen molar-refractivity contribution in [3.05, 3.63) is 78.1 Å². The Bertz CT molecular complexity index is 931. The van der Waals surface area contributed by atoms with Gasteiger partial charge < -0.3 is 10.1 Å². The van der Waals surface area contributed by atoms with Crippen LogP contribution < -0.4 is 10.1 Å². The topological polar surface area (TPSA) is 56.1 Å². The van der Waals surface area contributed by atoms with E-state index in [1.165, 1.54) is 12.8 Å². The Labute approximate surface area is 171 Å². The summed E-state index contributed by atoms with van der Waals surface area (Å²) in [6.07, 6.45) is 9.97. The van der Waals surface area contributed by atoms with Crippen molar-refractivity contribution in [3.8, 4) is 11.4 Å². The van der Waals surface area contributed by atoms with Gasteiger partial charge in [0.15, 0.2) is 0 Å². The van der Waals surface area contributed by atoms with E-state index in [9.17, 15) is 4.79 Å². The Morgan fingerprint density at radius 1 is 1.10 bits per heavy atom. The van der Waals surface area contributed by atoms with E-state index in [1.807, 2.05) is 53.3 Å². The fraction of sp³-hybridized carbons (Fsp3) is 0.333. The first-order valence-electron chi connectivity index (χ1n) is 10.4. The summed E-state index contributed by atoms with van der Waals surface area (Å²) in [6.45, 7) is 0.486. The lowest BCUT2D eigenvalue weighted by Gasteiger charge is -2.14. The minimum absolute atomic E-state index is 0.0439. The molecular formula is C24H27N3O2. The molecule has 5 nitrogen and oxygen atoms in total. The molecule has 29 heavy (non-hydrogen) atoms. The van der Waals surface area contributed by atoms with Crippen LogP contribution in [0.25, 0.3) is 5.69 Å². The number of carbonyl (C=O) groups is 1. The molecule has 1 N–H and O–H groups in total. The molecule has 3 aromatic rings. The average molecular weight is 389 g/mol. The first-order valence-corrected chi connectivity index (χ1v) is 10.4. The number of benzene rings is 2. The van der Waals surface area contributed by atoms with Crippen LogP contribution in [-0.2, 0) is 17.8 Å². The summed E-state index contributed by atoms with van der Waals surface area (Å²) >= 11 is 0. The lowest BCUT2D eigenvalue weighted by atomic mass is 10.1. The maximum Gasteiger partial charge on any atom is 0.220 e. The number of nitrogens with one attached hydrogen (secondary N) is 1. The third-order valence-electron chi connectivity index (χ3n) is 5.36. The highest BCUT2D eigenvalue weighted by Crippen LogP contribution is 2.24. The number of rotatable bonds is 8. The Morgan fingerprint density at radius 3 is 2.79 bits per heavy atom. The van der Waals surface area contributed by atoms with Crippen LogP contribution in [0.2, 0.25) is 0 Å². The minimum Gasteiger partial charge on any atom is -0.490 e. The van der Waals surface area contributed by atoms with Crippen molar-refractivity contribution in [1.82, 2.24) is 15.1 Å². The molecule has 150 valence electrons. The van der Waals surface area contributed by atoms with Gasteiger partial charge in [-0.3, -0.25) is 4.79 Å². The molecule has 1 aliphatic rings. The van der Waals surface area contributed by atoms with Gasteiger partial charge in [0.1, 0.15) is 5.75 Å². The normalized spacial score (nSPS) is 14.1. The van der Waals surface area contributed by atoms with Gasteiger partial charge in [-0.25, -0.2) is 4.68 Å². The molecule has 1 fully saturated rings. The third kappa shape index (κ3) is 5.25. The third-order valence-corrected chi connectivity index (χ3v) is 5.36. The van der Waals surface area contributed by atoms with Gasteiger partial charge in [0.25, 0.3) is 0 Å². The van der Waals surface area contributed by atoms with E-state index in [0.717, 1.165) is 35.4 Å². The van der Waals surface area contributed by atoms with Gasteiger partial charge in [0.05, 0.1) is 11.8 Å². The molecule has 0 bridgehead atoms. The second-order valence-electron chi connectivity index (χ2n) is 7.53. The molecule has 0 aliphatic heterocycles. The maximum absolute atomic E-state index is 12.4. The number of hydrogen-bond donors (Lipinski definition) is 1. The van der Waals surface area contributed by atoms with Crippen LogP contribution in [0.1, 0.15) is 43.2 Å². The van der Waals surface area contributed by atoms with Gasteiger partial charge in [-0.15, -0.1) is 0 Å². The average Bonchev–Trinajstić information content (AvgIpc) is 3.46. The van der Waals surface area contributed by atoms with Gasteiger partial charge in [-0.1, -0.05) is 30.3 Å². The van der Waals surface area contributed by atoms with E-state index < -0.39 is 0 Å². The van der Waals surface area contributed by atoms with Crippen molar-refractivity contribution in [2.45, 2.75) is 51.2 Å². The minimum atomic E-state index is 0.0439. The largest absolute Gasteiger partial charge is 0.490 e. The fourth-order valence-electron chi connectivity index (χ4n) is 3.81. The summed E-state index contributed by atoms with van der Waals surface area (Å²) < 4.78 is 7.88. The van der Waals surface area contributed by atoms with Gasteiger partial charge in [0.2, 0.25) is 5.91 Å². The van der Waals surface area contributed by atoms with Gasteiger partial charge >= 0.3 is 0 Å². The quantitative estimate of drug-likeness (QED) is 0.620. The number of hydrogen-bond acceptors (Lipinski definition) is 3. The van der Waals surface area contributed by atoms with E-state index in [4.69, 9.17) is 4.74 Å². The van der Waals surface area contributed by atoms with Crippen molar-refractivity contribution in [1.29, 1.82) is 0 Å². The second-order valence-corrected chi connectivity index (χ2v) is 7.53. The Kier molecular flexibility index (Phi) is 6.25. The number of nitrogens with zero attached hydrogens (tertiary/aromatic N) is 2. The van der Waals surface area contributed by atoms with Crippen LogP contribution >= 0.6 is 0 Å². The van der Waals surface area contributed by atoms with Crippen LogP contribution in [0.3, 0.4) is 0 Å². The van der Waals surface area contributed by atoms with Crippen molar-refractivity contribution in [2.24, 2.45) is 0 Å². The lowest BCUT2D eigenvalue weighted by Crippen LogP contribution is -2.23. The number of aryl methyl sites for hydroxylation is 1. The molecule has 0 saturated heterocycles. The van der Waals surface area contributed by atoms with Crippen molar-refractivity contribution in [2.75, 3.05) is 0 Å². The number of para-hydroxylation sites is 1. The van der Waals surface area contributed by atoms with Gasteiger partial charge in [-0.2, -0.15) is 5.10 Å². The summed E-state index contributed by atoms with van der Waals surface area (Å²) in [6, 6.07) is 18.0. The van der Waals surface area contributed by atoms with Crippen LogP contribution in [0.15, 0.2) is 67.0 Å². The fourth-order valence-corrected chi connectivity index (χ4v) is 3.81. The summed E-state index contributed by atoms with van der Waals surface area (Å²) in [5, 5.41) is 7.32. The van der Waals surface area contributed by atoms with E-state index >= 15 is 0 Å². The van der Waals surface area contributed by atoms with Crippen LogP contribution in [-0.4, -0.2) is 21.8 Å². The smallest absolute Gasteiger partial charge is 0.220 e. The number of aromatic nitrogens is 2. The summed E-state index contributed by atoms with van der Waals surface area (Å²) in [4.78, 5) is 12.4. The highest BCUT2D eigenvalue weighted by molar-refractivity contribution is 5.76. The molecule has 0 spiro atoms. The molecule has 4 rings (SSSR count). The Balaban J connectivity index is 1.29. The van der Waals surface area contributed by atoms with Gasteiger partial charge in [0, 0.05) is 25.4 Å². The molecule has 5 heteroatoms. The van der Waals surface area contributed by atoms with Crippen molar-refractivity contribution < 1.29 is 9.53 Å². The van der Waals surface area contributed by atoms with Crippen molar-refractivity contribution >= 4 is 5.91 Å². The predicted molar refractivity (Wildman–Crippen MR) is 113 cm³/mol. The highest BCUT2D eigenvalue weighted by Gasteiger charge is 2.16. The molecule has 0 radical (unpaired) electrons. The molecule has 1 aromatic heterocycles. The van der Waals surface area contributed by atoms with Crippen molar-refractivity contribution in [3.63, 3.8) is 0 Å². The standard InChI is InChI=1S/C24H27N3O2/c28-24(25-18-20-8-1-4-12-23(20)27-16-6-15-26-27)14-13-19-7-5-11-22(17-19)29-21-9-2-3-10-21/h1,4-8,11-12,15-17,21H,2-3,9-10,13-14,18H2,(H,25,28). The Hall–Kier alpha value is -3.08. The zero-order valence-corrected chi connectivity index (χ0v) is 16.6. The van der Waals surface area contributed by atoms with E-state index in [2.05, 4.69) is 22.5 Å². The maximum atomic E-state index is 12.4. The van der Waals surface area contributed by atoms with Crippen LogP contribution in [0.4, 0.5) is 0 Å². The molecular weight excluding hydrogens is 362 g/mol. The molecule has 1 saturated carbocycles. The highest BCUT2D eigenvalue weighted by atomic mass is 16.5. The summed E-state index contributed by atoms with van der Waals surface area (Å²) in [5.41, 5.74) is 3.15. The first kappa shape index (κ1) is 19.2. The monoisotopic (exact) mass is 389 g/mol. The Morgan fingerprint density at radius 2 is 1.97 bits per heavy atom. The summed E-state index contributed by atoms with van der Waals surface area (Å²) in [5.74, 6) is 0.963. The number of ether oxygens (including phenoxy) is 1. The molecule has 0 atom stereocenters. The molecule has 2 aromatic carbocycles. The van der Waals surface area contributed by atoms with Crippen LogP contribution in [0, 0.1) is 0 Å². The van der Waals surface area contributed by atoms with Gasteiger partial charge in [-0.05, 0) is 67.5 Å². The first-order chi connectivity index (χ1) is 14.3. The zero-order chi connectivity index (χ0) is 19.9. The molecule has 1 aliphatic carbocycles. The molecule has 0 unspecified atom stereocenters. The van der Waals surface area contributed by atoms with E-state index in [0.29, 0.717) is 25.5 Å². The van der Waals surface area contributed by atoms with Crippen LogP contribution in [0.5, 0.6) is 5.75 Å². The molecule has 1 heterocycles. The second kappa shape index (κ2) is 9.41. The lowest BCUT2D eigenvalue weighted by molar-refractivity contribution is -0.121. The number of amides is 1. The molecule has 1 amide bonds. The van der Waals surface area contributed by atoms with E-state index in [1.54, 1.807) is 6.20 Å². The number of carbonyl (C=O) groups excluding carboxylic acids is 1. The van der Waals surface area contributed by atoms with E-state index in [-0.39, 0.29) is 5.91 Å². The summed E-state index contributed by atoms with van der Waals surface area (Å²) in [7, 11) is 0. The SMILES string of the molecule is O=C(CCc1cccc(OC2CCCC2)c1)NCc1ccccc1-n1cccn1.